The number of benzene rings is 1. The Labute approximate surface area is 232 Å². The number of aryl methyl sites for hydroxylation is 2. The summed E-state index contributed by atoms with van der Waals surface area (Å²) in [5, 5.41) is 7.96. The molecule has 12 heteroatoms. The summed E-state index contributed by atoms with van der Waals surface area (Å²) in [5.74, 6) is 0.593. The summed E-state index contributed by atoms with van der Waals surface area (Å²) in [6.45, 7) is 4.99. The predicted octanol–water partition coefficient (Wildman–Crippen LogP) is 3.49. The molecule has 4 heterocycles. The van der Waals surface area contributed by atoms with Crippen LogP contribution in [0.15, 0.2) is 41.4 Å². The van der Waals surface area contributed by atoms with Gasteiger partial charge < -0.3 is 10.2 Å². The molecule has 2 aliphatic rings. The van der Waals surface area contributed by atoms with Crippen LogP contribution in [0.25, 0.3) is 22.0 Å². The lowest BCUT2D eigenvalue weighted by Crippen LogP contribution is -2.46. The van der Waals surface area contributed by atoms with Crippen LogP contribution < -0.4 is 5.32 Å². The summed E-state index contributed by atoms with van der Waals surface area (Å²) < 4.78 is 2.10. The van der Waals surface area contributed by atoms with Crippen molar-refractivity contribution in [3.8, 4) is 11.1 Å². The number of nitrogens with zero attached hydrogens (tertiary/aromatic N) is 7. The summed E-state index contributed by atoms with van der Waals surface area (Å²) >= 11 is 3.33. The number of hydrogen-bond acceptors (Lipinski definition) is 8. The minimum atomic E-state index is -0.606. The maximum absolute atomic E-state index is 13.6. The van der Waals surface area contributed by atoms with E-state index in [1.165, 1.54) is 13.1 Å². The zero-order chi connectivity index (χ0) is 27.4. The zero-order valence-electron chi connectivity index (χ0n) is 21.6. The van der Waals surface area contributed by atoms with Gasteiger partial charge in [0.05, 0.1) is 17.4 Å². The molecule has 6 rings (SSSR count). The largest absolute Gasteiger partial charge is 0.326 e. The van der Waals surface area contributed by atoms with E-state index in [0.717, 1.165) is 17.5 Å². The van der Waals surface area contributed by atoms with Gasteiger partial charge in [-0.3, -0.25) is 24.0 Å². The SMILES string of the molecule is CC(=O)c1nn(CC(=O)N2[C@@H]3C[C@@H]3C[C@H]2C(=O)Nc2cnc(C)c(Br)n2)c2ccc(-c3cnc(C)nc3)cc12. The lowest BCUT2D eigenvalue weighted by atomic mass is 10.0. The van der Waals surface area contributed by atoms with Crippen molar-refractivity contribution in [2.75, 3.05) is 5.32 Å². The number of rotatable bonds is 6. The fourth-order valence-corrected chi connectivity index (χ4v) is 5.53. The summed E-state index contributed by atoms with van der Waals surface area (Å²) in [6, 6.07) is 5.04. The third kappa shape index (κ3) is 4.69. The maximum Gasteiger partial charge on any atom is 0.248 e. The first kappa shape index (κ1) is 25.2. The molecule has 1 aromatic carbocycles. The van der Waals surface area contributed by atoms with Gasteiger partial charge in [-0.25, -0.2) is 15.0 Å². The average Bonchev–Trinajstić information content (AvgIpc) is 3.41. The lowest BCUT2D eigenvalue weighted by molar-refractivity contribution is -0.138. The number of aromatic nitrogens is 6. The Morgan fingerprint density at radius 3 is 2.54 bits per heavy atom. The number of fused-ring (bicyclic) bond motifs is 2. The van der Waals surface area contributed by atoms with E-state index in [2.05, 4.69) is 46.3 Å². The molecule has 39 heavy (non-hydrogen) atoms. The van der Waals surface area contributed by atoms with Crippen LogP contribution in [-0.4, -0.2) is 64.3 Å². The van der Waals surface area contributed by atoms with Crippen molar-refractivity contribution in [3.63, 3.8) is 0 Å². The Hall–Kier alpha value is -4.06. The van der Waals surface area contributed by atoms with Crippen LogP contribution >= 0.6 is 15.9 Å². The molecule has 1 aliphatic carbocycles. The van der Waals surface area contributed by atoms with Crippen molar-refractivity contribution in [2.45, 2.75) is 52.2 Å². The van der Waals surface area contributed by atoms with Crippen LogP contribution in [0.2, 0.25) is 0 Å². The highest BCUT2D eigenvalue weighted by Crippen LogP contribution is 2.48. The summed E-state index contributed by atoms with van der Waals surface area (Å²) in [7, 11) is 0. The van der Waals surface area contributed by atoms with E-state index in [1.807, 2.05) is 32.0 Å². The Morgan fingerprint density at radius 2 is 1.82 bits per heavy atom. The highest BCUT2D eigenvalue weighted by atomic mass is 79.9. The van der Waals surface area contributed by atoms with Crippen molar-refractivity contribution in [2.24, 2.45) is 5.92 Å². The fraction of sp³-hybridized carbons (Fsp3) is 0.333. The molecule has 0 spiro atoms. The van der Waals surface area contributed by atoms with Gasteiger partial charge in [0.25, 0.3) is 0 Å². The number of anilines is 1. The number of carbonyl (C=O) groups excluding carboxylic acids is 3. The topological polar surface area (TPSA) is 136 Å². The molecule has 2 amide bonds. The van der Waals surface area contributed by atoms with Gasteiger partial charge in [-0.2, -0.15) is 5.10 Å². The van der Waals surface area contributed by atoms with Crippen molar-refractivity contribution in [1.29, 1.82) is 0 Å². The summed E-state index contributed by atoms with van der Waals surface area (Å²) in [4.78, 5) is 58.0. The first-order chi connectivity index (χ1) is 18.7. The van der Waals surface area contributed by atoms with Crippen LogP contribution in [0, 0.1) is 19.8 Å². The lowest BCUT2D eigenvalue weighted by Gasteiger charge is -2.26. The Kier molecular flexibility index (Phi) is 6.21. The number of hydrogen-bond donors (Lipinski definition) is 1. The van der Waals surface area contributed by atoms with E-state index >= 15 is 0 Å². The Morgan fingerprint density at radius 1 is 1.05 bits per heavy atom. The number of Topliss-reactive ketones (excluding diaryl/α,β-unsaturated/α-hetero) is 1. The predicted molar refractivity (Wildman–Crippen MR) is 146 cm³/mol. The molecule has 2 fully saturated rings. The molecule has 1 saturated carbocycles. The highest BCUT2D eigenvalue weighted by molar-refractivity contribution is 9.10. The van der Waals surface area contributed by atoms with Crippen LogP contribution in [0.1, 0.15) is 41.8 Å². The maximum atomic E-state index is 13.6. The van der Waals surface area contributed by atoms with Gasteiger partial charge in [0, 0.05) is 36.3 Å². The van der Waals surface area contributed by atoms with E-state index < -0.39 is 6.04 Å². The minimum Gasteiger partial charge on any atom is -0.326 e. The quantitative estimate of drug-likeness (QED) is 0.338. The summed E-state index contributed by atoms with van der Waals surface area (Å²) in [5.41, 5.74) is 3.33. The second kappa shape index (κ2) is 9.60. The summed E-state index contributed by atoms with van der Waals surface area (Å²) in [6.07, 6.45) is 6.44. The first-order valence-electron chi connectivity index (χ1n) is 12.6. The molecule has 3 aromatic heterocycles. The highest BCUT2D eigenvalue weighted by Gasteiger charge is 2.56. The van der Waals surface area contributed by atoms with Gasteiger partial charge in [0.1, 0.15) is 28.7 Å². The number of piperidine rings is 1. The smallest absolute Gasteiger partial charge is 0.248 e. The molecule has 1 N–H and O–H groups in total. The van der Waals surface area contributed by atoms with Crippen molar-refractivity contribution < 1.29 is 14.4 Å². The average molecular weight is 589 g/mol. The first-order valence-corrected chi connectivity index (χ1v) is 13.4. The number of nitrogens with one attached hydrogen (secondary N) is 1. The number of halogens is 1. The second-order valence-corrected chi connectivity index (χ2v) is 10.8. The van der Waals surface area contributed by atoms with E-state index in [-0.39, 0.29) is 35.9 Å². The van der Waals surface area contributed by atoms with E-state index in [9.17, 15) is 14.4 Å². The van der Waals surface area contributed by atoms with Gasteiger partial charge in [0.2, 0.25) is 11.8 Å². The molecule has 1 saturated heterocycles. The van der Waals surface area contributed by atoms with E-state index in [0.29, 0.717) is 45.2 Å². The zero-order valence-corrected chi connectivity index (χ0v) is 23.1. The number of ketones is 1. The molecular weight excluding hydrogens is 564 g/mol. The van der Waals surface area contributed by atoms with E-state index in [1.54, 1.807) is 22.0 Å². The number of carbonyl (C=O) groups is 3. The fourth-order valence-electron chi connectivity index (χ4n) is 5.24. The molecular formula is C27H25BrN8O3. The van der Waals surface area contributed by atoms with Gasteiger partial charge >= 0.3 is 0 Å². The van der Waals surface area contributed by atoms with Gasteiger partial charge in [0.15, 0.2) is 11.6 Å². The third-order valence-electron chi connectivity index (χ3n) is 7.33. The number of likely N-dealkylation sites (tertiary alicyclic amines) is 1. The third-order valence-corrected chi connectivity index (χ3v) is 8.08. The molecule has 198 valence electrons. The van der Waals surface area contributed by atoms with Gasteiger partial charge in [-0.05, 0) is 66.2 Å². The molecule has 11 nitrogen and oxygen atoms in total. The Bertz CT molecular complexity index is 1650. The van der Waals surface area contributed by atoms with Crippen molar-refractivity contribution >= 4 is 50.2 Å². The standard InChI is InChI=1S/C27H25BrN8O3/c1-13-26(28)32-23(11-29-13)33-27(39)22-8-17-7-21(17)36(22)24(38)12-35-20-5-4-16(18-9-30-15(3)31-10-18)6-19(20)25(34-35)14(2)37/h4-6,9-11,17,21-22H,7-8,12H2,1-3H3,(H,32,33,39)/t17-,21-,22+/m1/s1. The van der Waals surface area contributed by atoms with Gasteiger partial charge in [-0.15, -0.1) is 0 Å². The van der Waals surface area contributed by atoms with Crippen LogP contribution in [0.5, 0.6) is 0 Å². The van der Waals surface area contributed by atoms with E-state index in [4.69, 9.17) is 0 Å². The van der Waals surface area contributed by atoms with Gasteiger partial charge in [-0.1, -0.05) is 6.07 Å². The van der Waals surface area contributed by atoms with Crippen LogP contribution in [-0.2, 0) is 16.1 Å². The van der Waals surface area contributed by atoms with Crippen molar-refractivity contribution in [3.05, 3.63) is 58.6 Å². The molecule has 1 aliphatic heterocycles. The van der Waals surface area contributed by atoms with Crippen LogP contribution in [0.4, 0.5) is 5.82 Å². The van der Waals surface area contributed by atoms with Crippen LogP contribution in [0.3, 0.4) is 0 Å². The molecule has 0 unspecified atom stereocenters. The molecule has 3 atom stereocenters. The normalized spacial score (nSPS) is 19.7. The molecule has 4 aromatic rings. The second-order valence-electron chi connectivity index (χ2n) is 10.0. The Balaban J connectivity index is 1.26. The minimum absolute atomic E-state index is 0.0336. The monoisotopic (exact) mass is 588 g/mol. The molecule has 0 radical (unpaired) electrons. The molecule has 0 bridgehead atoms. The van der Waals surface area contributed by atoms with Crippen molar-refractivity contribution in [1.82, 2.24) is 34.6 Å². The number of amides is 2.